The average Bonchev–Trinajstić information content (AvgIpc) is 2.92. The van der Waals surface area contributed by atoms with E-state index in [2.05, 4.69) is 22.4 Å². The molecule has 1 heterocycles. The maximum Gasteiger partial charge on any atom is 0.250 e. The Morgan fingerprint density at radius 2 is 2.15 bits per heavy atom. The number of nitrogens with zero attached hydrogens (tertiary/aromatic N) is 2. The predicted octanol–water partition coefficient (Wildman–Crippen LogP) is 3.98. The largest absolute Gasteiger partial charge is 0.419 e. The molecule has 0 aliphatic carbocycles. The van der Waals surface area contributed by atoms with E-state index in [0.29, 0.717) is 5.89 Å². The van der Waals surface area contributed by atoms with Crippen molar-refractivity contribution >= 4 is 11.6 Å². The predicted molar refractivity (Wildman–Crippen MR) is 76.0 cm³/mol. The van der Waals surface area contributed by atoms with E-state index in [-0.39, 0.29) is 22.5 Å². The van der Waals surface area contributed by atoms with Crippen LogP contribution in [-0.4, -0.2) is 16.7 Å². The van der Waals surface area contributed by atoms with E-state index < -0.39 is 5.82 Å². The van der Waals surface area contributed by atoms with Gasteiger partial charge in [0, 0.05) is 0 Å². The summed E-state index contributed by atoms with van der Waals surface area (Å²) in [6, 6.07) is 4.68. The summed E-state index contributed by atoms with van der Waals surface area (Å²) < 4.78 is 19.5. The zero-order chi connectivity index (χ0) is 14.5. The molecule has 1 aromatic carbocycles. The van der Waals surface area contributed by atoms with Gasteiger partial charge in [-0.1, -0.05) is 31.5 Å². The van der Waals surface area contributed by atoms with E-state index in [0.717, 1.165) is 19.4 Å². The van der Waals surface area contributed by atoms with Gasteiger partial charge in [0.05, 0.1) is 16.6 Å². The van der Waals surface area contributed by atoms with Crippen molar-refractivity contribution in [3.05, 3.63) is 34.9 Å². The lowest BCUT2D eigenvalue weighted by atomic mass is 10.2. The van der Waals surface area contributed by atoms with E-state index >= 15 is 0 Å². The van der Waals surface area contributed by atoms with Gasteiger partial charge in [-0.05, 0) is 31.5 Å². The Kier molecular flexibility index (Phi) is 5.09. The fourth-order valence-corrected chi connectivity index (χ4v) is 2.05. The standard InChI is InChI=1S/C14H17ClFN3O/c1-3-8-17-11(4-2)14-19-18-13(20-14)9-6-5-7-10(15)12(9)16/h5-7,11,17H,3-4,8H2,1-2H3. The van der Waals surface area contributed by atoms with Crippen LogP contribution >= 0.6 is 11.6 Å². The molecule has 0 radical (unpaired) electrons. The van der Waals surface area contributed by atoms with Gasteiger partial charge in [0.2, 0.25) is 5.89 Å². The molecule has 0 saturated heterocycles. The molecule has 0 aliphatic heterocycles. The van der Waals surface area contributed by atoms with Crippen molar-refractivity contribution in [3.63, 3.8) is 0 Å². The van der Waals surface area contributed by atoms with Gasteiger partial charge in [-0.25, -0.2) is 4.39 Å². The monoisotopic (exact) mass is 297 g/mol. The van der Waals surface area contributed by atoms with Crippen molar-refractivity contribution < 1.29 is 8.81 Å². The van der Waals surface area contributed by atoms with Crippen LogP contribution in [0.1, 0.15) is 38.6 Å². The lowest BCUT2D eigenvalue weighted by molar-refractivity contribution is 0.395. The van der Waals surface area contributed by atoms with E-state index in [4.69, 9.17) is 16.0 Å². The van der Waals surface area contributed by atoms with E-state index in [1.54, 1.807) is 12.1 Å². The van der Waals surface area contributed by atoms with E-state index in [1.165, 1.54) is 6.07 Å². The van der Waals surface area contributed by atoms with Crippen LogP contribution in [0.15, 0.2) is 22.6 Å². The number of benzene rings is 1. The van der Waals surface area contributed by atoms with Gasteiger partial charge >= 0.3 is 0 Å². The lowest BCUT2D eigenvalue weighted by Crippen LogP contribution is -2.21. The molecule has 1 N–H and O–H groups in total. The first-order valence-electron chi connectivity index (χ1n) is 6.68. The van der Waals surface area contributed by atoms with Crippen LogP contribution in [0.3, 0.4) is 0 Å². The first-order valence-corrected chi connectivity index (χ1v) is 7.06. The molecule has 0 fully saturated rings. The van der Waals surface area contributed by atoms with Crippen LogP contribution in [-0.2, 0) is 0 Å². The summed E-state index contributed by atoms with van der Waals surface area (Å²) in [5.74, 6) is 0.0750. The zero-order valence-electron chi connectivity index (χ0n) is 11.5. The number of nitrogens with one attached hydrogen (secondary N) is 1. The minimum atomic E-state index is -0.543. The summed E-state index contributed by atoms with van der Waals surface area (Å²) in [7, 11) is 0. The minimum Gasteiger partial charge on any atom is -0.419 e. The molecule has 2 rings (SSSR count). The van der Waals surface area contributed by atoms with Gasteiger partial charge in [-0.15, -0.1) is 10.2 Å². The molecular weight excluding hydrogens is 281 g/mol. The van der Waals surface area contributed by atoms with Crippen LogP contribution in [0.5, 0.6) is 0 Å². The summed E-state index contributed by atoms with van der Waals surface area (Å²) in [6.45, 7) is 4.97. The van der Waals surface area contributed by atoms with Gasteiger partial charge in [0.1, 0.15) is 0 Å². The van der Waals surface area contributed by atoms with Crippen molar-refractivity contribution in [2.75, 3.05) is 6.54 Å². The van der Waals surface area contributed by atoms with E-state index in [1.807, 2.05) is 6.92 Å². The van der Waals surface area contributed by atoms with Crippen molar-refractivity contribution in [2.45, 2.75) is 32.7 Å². The molecular formula is C14H17ClFN3O. The van der Waals surface area contributed by atoms with Gasteiger partial charge in [-0.3, -0.25) is 0 Å². The lowest BCUT2D eigenvalue weighted by Gasteiger charge is -2.11. The van der Waals surface area contributed by atoms with Gasteiger partial charge in [0.15, 0.2) is 5.82 Å². The number of hydrogen-bond donors (Lipinski definition) is 1. The Balaban J connectivity index is 2.26. The second-order valence-electron chi connectivity index (χ2n) is 4.46. The van der Waals surface area contributed by atoms with E-state index in [9.17, 15) is 4.39 Å². The summed E-state index contributed by atoms with van der Waals surface area (Å²) in [4.78, 5) is 0. The molecule has 1 unspecified atom stereocenters. The molecule has 4 nitrogen and oxygen atoms in total. The molecule has 108 valence electrons. The number of aromatic nitrogens is 2. The molecule has 20 heavy (non-hydrogen) atoms. The van der Waals surface area contributed by atoms with Gasteiger partial charge in [-0.2, -0.15) is 0 Å². The fourth-order valence-electron chi connectivity index (χ4n) is 1.88. The molecule has 2 aromatic rings. The van der Waals surface area contributed by atoms with Crippen molar-refractivity contribution in [1.82, 2.24) is 15.5 Å². The number of hydrogen-bond acceptors (Lipinski definition) is 4. The smallest absolute Gasteiger partial charge is 0.250 e. The Morgan fingerprint density at radius 1 is 1.35 bits per heavy atom. The van der Waals surface area contributed by atoms with Gasteiger partial charge in [0.25, 0.3) is 5.89 Å². The highest BCUT2D eigenvalue weighted by Gasteiger charge is 2.19. The number of rotatable bonds is 6. The third kappa shape index (κ3) is 3.16. The summed E-state index contributed by atoms with van der Waals surface area (Å²) in [5.41, 5.74) is 0.224. The third-order valence-corrected chi connectivity index (χ3v) is 3.26. The maximum atomic E-state index is 13.9. The number of halogens is 2. The topological polar surface area (TPSA) is 51.0 Å². The molecule has 1 atom stereocenters. The molecule has 0 amide bonds. The van der Waals surface area contributed by atoms with Crippen LogP contribution in [0, 0.1) is 5.82 Å². The maximum absolute atomic E-state index is 13.9. The quantitative estimate of drug-likeness (QED) is 0.876. The Hall–Kier alpha value is -1.46. The molecule has 1 aromatic heterocycles. The first-order chi connectivity index (χ1) is 9.67. The highest BCUT2D eigenvalue weighted by atomic mass is 35.5. The highest BCUT2D eigenvalue weighted by molar-refractivity contribution is 6.31. The minimum absolute atomic E-state index is 0.0153. The molecule has 6 heteroatoms. The van der Waals surface area contributed by atoms with Crippen LogP contribution < -0.4 is 5.32 Å². The van der Waals surface area contributed by atoms with Crippen molar-refractivity contribution in [1.29, 1.82) is 0 Å². The SMILES string of the molecule is CCCNC(CC)c1nnc(-c2cccc(Cl)c2F)o1. The molecule has 0 spiro atoms. The van der Waals surface area contributed by atoms with Crippen molar-refractivity contribution in [3.8, 4) is 11.5 Å². The van der Waals surface area contributed by atoms with Crippen LogP contribution in [0.25, 0.3) is 11.5 Å². The summed E-state index contributed by atoms with van der Waals surface area (Å²) in [6.07, 6.45) is 1.83. The van der Waals surface area contributed by atoms with Crippen LogP contribution in [0.2, 0.25) is 5.02 Å². The summed E-state index contributed by atoms with van der Waals surface area (Å²) >= 11 is 5.75. The first kappa shape index (κ1) is 14.9. The molecule has 0 saturated carbocycles. The fraction of sp³-hybridized carbons (Fsp3) is 0.429. The highest BCUT2D eigenvalue weighted by Crippen LogP contribution is 2.28. The third-order valence-electron chi connectivity index (χ3n) is 2.97. The molecule has 0 bridgehead atoms. The second kappa shape index (κ2) is 6.81. The average molecular weight is 298 g/mol. The Labute approximate surface area is 122 Å². The Bertz CT molecular complexity index is 573. The summed E-state index contributed by atoms with van der Waals surface area (Å²) in [5, 5.41) is 11.3. The Morgan fingerprint density at radius 3 is 2.85 bits per heavy atom. The van der Waals surface area contributed by atoms with Crippen molar-refractivity contribution in [2.24, 2.45) is 0 Å². The normalized spacial score (nSPS) is 12.6. The van der Waals surface area contributed by atoms with Gasteiger partial charge < -0.3 is 9.73 Å². The molecule has 0 aliphatic rings. The zero-order valence-corrected chi connectivity index (χ0v) is 12.2. The van der Waals surface area contributed by atoms with Crippen LogP contribution in [0.4, 0.5) is 4.39 Å². The second-order valence-corrected chi connectivity index (χ2v) is 4.87.